The first kappa shape index (κ1) is 10.4. The lowest BCUT2D eigenvalue weighted by Crippen LogP contribution is -2.00. The zero-order valence-electron chi connectivity index (χ0n) is 8.55. The number of aliphatic carboxylic acids is 1. The van der Waals surface area contributed by atoms with Gasteiger partial charge < -0.3 is 10.1 Å². The Morgan fingerprint density at radius 3 is 3.06 bits per heavy atom. The number of aryl methyl sites for hydroxylation is 1. The Morgan fingerprint density at radius 2 is 2.38 bits per heavy atom. The number of aromatic nitrogens is 3. The lowest BCUT2D eigenvalue weighted by Gasteiger charge is -2.04. The van der Waals surface area contributed by atoms with E-state index in [2.05, 4.69) is 15.0 Å². The summed E-state index contributed by atoms with van der Waals surface area (Å²) in [6.07, 6.45) is 7.29. The average Bonchev–Trinajstić information content (AvgIpc) is 2.80. The summed E-state index contributed by atoms with van der Waals surface area (Å²) in [5.41, 5.74) is 2.59. The van der Waals surface area contributed by atoms with Crippen molar-refractivity contribution >= 4 is 5.97 Å². The molecule has 2 rings (SSSR count). The van der Waals surface area contributed by atoms with Crippen molar-refractivity contribution in [3.05, 3.63) is 36.5 Å². The number of nitrogens with one attached hydrogen (secondary N) is 1. The van der Waals surface area contributed by atoms with Gasteiger partial charge in [0.05, 0.1) is 5.69 Å². The zero-order valence-corrected chi connectivity index (χ0v) is 8.55. The number of carbonyl (C=O) groups is 1. The zero-order chi connectivity index (χ0) is 11.4. The number of H-pyrrole nitrogens is 1. The van der Waals surface area contributed by atoms with Crippen molar-refractivity contribution in [2.75, 3.05) is 0 Å². The van der Waals surface area contributed by atoms with Gasteiger partial charge in [-0.3, -0.25) is 4.79 Å². The lowest BCUT2D eigenvalue weighted by molar-refractivity contribution is -0.136. The quantitative estimate of drug-likeness (QED) is 0.813. The Balaban J connectivity index is 2.27. The first-order chi connectivity index (χ1) is 7.77. The van der Waals surface area contributed by atoms with Gasteiger partial charge in [0.15, 0.2) is 0 Å². The number of carboxylic acid groups (broad SMARTS) is 1. The molecule has 0 saturated heterocycles. The average molecular weight is 217 g/mol. The van der Waals surface area contributed by atoms with Crippen LogP contribution < -0.4 is 0 Å². The van der Waals surface area contributed by atoms with Crippen LogP contribution in [0.25, 0.3) is 11.3 Å². The molecule has 0 fully saturated rings. The maximum Gasteiger partial charge on any atom is 0.303 e. The molecule has 82 valence electrons. The highest BCUT2D eigenvalue weighted by atomic mass is 16.4. The highest BCUT2D eigenvalue weighted by molar-refractivity contribution is 5.68. The molecule has 2 aromatic heterocycles. The first-order valence-corrected chi connectivity index (χ1v) is 4.91. The molecule has 0 radical (unpaired) electrons. The van der Waals surface area contributed by atoms with Gasteiger partial charge in [-0.2, -0.15) is 0 Å². The van der Waals surface area contributed by atoms with Gasteiger partial charge in [-0.25, -0.2) is 9.97 Å². The fourth-order valence-electron chi connectivity index (χ4n) is 1.51. The number of hydrogen-bond donors (Lipinski definition) is 2. The molecule has 2 aromatic rings. The molecule has 0 aromatic carbocycles. The van der Waals surface area contributed by atoms with E-state index >= 15 is 0 Å². The Labute approximate surface area is 92.2 Å². The summed E-state index contributed by atoms with van der Waals surface area (Å²) in [6, 6.07) is 1.90. The lowest BCUT2D eigenvalue weighted by atomic mass is 10.1. The van der Waals surface area contributed by atoms with E-state index in [1.54, 1.807) is 12.4 Å². The van der Waals surface area contributed by atoms with E-state index < -0.39 is 5.97 Å². The fraction of sp³-hybridized carbons (Fsp3) is 0.182. The summed E-state index contributed by atoms with van der Waals surface area (Å²) < 4.78 is 0. The van der Waals surface area contributed by atoms with Crippen molar-refractivity contribution in [1.82, 2.24) is 15.0 Å². The molecule has 5 nitrogen and oxygen atoms in total. The Hall–Kier alpha value is -2.17. The summed E-state index contributed by atoms with van der Waals surface area (Å²) in [7, 11) is 0. The second-order valence-corrected chi connectivity index (χ2v) is 3.39. The topological polar surface area (TPSA) is 78.9 Å². The molecular weight excluding hydrogens is 206 g/mol. The molecule has 2 heterocycles. The van der Waals surface area contributed by atoms with Crippen LogP contribution in [0.15, 0.2) is 31.0 Å². The van der Waals surface area contributed by atoms with Crippen LogP contribution in [-0.2, 0) is 11.2 Å². The van der Waals surface area contributed by atoms with Gasteiger partial charge >= 0.3 is 5.97 Å². The minimum absolute atomic E-state index is 0.0881. The molecule has 0 aliphatic carbocycles. The van der Waals surface area contributed by atoms with Crippen LogP contribution in [-0.4, -0.2) is 26.0 Å². The standard InChI is InChI=1S/C11H11N3O2/c15-10(16)2-1-8-6-13-7-14-11(8)9-3-4-12-5-9/h3-7,12H,1-2H2,(H,15,16). The van der Waals surface area contributed by atoms with Crippen molar-refractivity contribution in [3.8, 4) is 11.3 Å². The van der Waals surface area contributed by atoms with Crippen LogP contribution >= 0.6 is 0 Å². The maximum atomic E-state index is 10.5. The SMILES string of the molecule is O=C(O)CCc1cncnc1-c1cc[nH]c1. The molecule has 16 heavy (non-hydrogen) atoms. The van der Waals surface area contributed by atoms with Gasteiger partial charge in [-0.05, 0) is 18.1 Å². The monoisotopic (exact) mass is 217 g/mol. The van der Waals surface area contributed by atoms with Crippen LogP contribution in [0.2, 0.25) is 0 Å². The Morgan fingerprint density at radius 1 is 1.50 bits per heavy atom. The molecule has 2 N–H and O–H groups in total. The Bertz CT molecular complexity index is 480. The third kappa shape index (κ3) is 2.25. The van der Waals surface area contributed by atoms with Gasteiger partial charge in [-0.15, -0.1) is 0 Å². The van der Waals surface area contributed by atoms with E-state index in [1.165, 1.54) is 6.33 Å². The van der Waals surface area contributed by atoms with Crippen molar-refractivity contribution in [2.45, 2.75) is 12.8 Å². The van der Waals surface area contributed by atoms with Crippen LogP contribution in [0.1, 0.15) is 12.0 Å². The number of hydrogen-bond acceptors (Lipinski definition) is 3. The van der Waals surface area contributed by atoms with Crippen molar-refractivity contribution in [2.24, 2.45) is 0 Å². The number of carboxylic acids is 1. The van der Waals surface area contributed by atoms with Crippen LogP contribution in [0, 0.1) is 0 Å². The second kappa shape index (κ2) is 4.57. The van der Waals surface area contributed by atoms with E-state index in [4.69, 9.17) is 5.11 Å². The summed E-state index contributed by atoms with van der Waals surface area (Å²) in [4.78, 5) is 21.6. The summed E-state index contributed by atoms with van der Waals surface area (Å²) in [5.74, 6) is -0.816. The van der Waals surface area contributed by atoms with Crippen LogP contribution in [0.3, 0.4) is 0 Å². The van der Waals surface area contributed by atoms with Gasteiger partial charge in [0.1, 0.15) is 6.33 Å². The minimum Gasteiger partial charge on any atom is -0.481 e. The smallest absolute Gasteiger partial charge is 0.303 e. The minimum atomic E-state index is -0.816. The van der Waals surface area contributed by atoms with E-state index in [0.717, 1.165) is 16.8 Å². The van der Waals surface area contributed by atoms with Crippen LogP contribution in [0.5, 0.6) is 0 Å². The molecule has 0 aliphatic rings. The molecule has 0 aliphatic heterocycles. The van der Waals surface area contributed by atoms with E-state index in [1.807, 2.05) is 12.3 Å². The molecule has 0 spiro atoms. The highest BCUT2D eigenvalue weighted by Gasteiger charge is 2.08. The molecular formula is C11H11N3O2. The molecule has 0 saturated carbocycles. The third-order valence-corrected chi connectivity index (χ3v) is 2.27. The van der Waals surface area contributed by atoms with Gasteiger partial charge in [0.2, 0.25) is 0 Å². The molecule has 0 unspecified atom stereocenters. The van der Waals surface area contributed by atoms with E-state index in [-0.39, 0.29) is 6.42 Å². The summed E-state index contributed by atoms with van der Waals surface area (Å²) in [5, 5.41) is 8.65. The molecule has 5 heteroatoms. The summed E-state index contributed by atoms with van der Waals surface area (Å²) >= 11 is 0. The highest BCUT2D eigenvalue weighted by Crippen LogP contribution is 2.20. The number of aromatic amines is 1. The largest absolute Gasteiger partial charge is 0.481 e. The van der Waals surface area contributed by atoms with Gasteiger partial charge in [-0.1, -0.05) is 0 Å². The van der Waals surface area contributed by atoms with Gasteiger partial charge in [0, 0.05) is 30.6 Å². The first-order valence-electron chi connectivity index (χ1n) is 4.91. The molecule has 0 atom stereocenters. The second-order valence-electron chi connectivity index (χ2n) is 3.39. The van der Waals surface area contributed by atoms with E-state index in [9.17, 15) is 4.79 Å². The fourth-order valence-corrected chi connectivity index (χ4v) is 1.51. The number of rotatable bonds is 4. The van der Waals surface area contributed by atoms with Crippen molar-refractivity contribution in [3.63, 3.8) is 0 Å². The van der Waals surface area contributed by atoms with Crippen molar-refractivity contribution in [1.29, 1.82) is 0 Å². The molecule has 0 amide bonds. The Kier molecular flexibility index (Phi) is 2.95. The van der Waals surface area contributed by atoms with Gasteiger partial charge in [0.25, 0.3) is 0 Å². The third-order valence-electron chi connectivity index (χ3n) is 2.27. The predicted molar refractivity (Wildman–Crippen MR) is 57.8 cm³/mol. The maximum absolute atomic E-state index is 10.5. The summed E-state index contributed by atoms with van der Waals surface area (Å²) in [6.45, 7) is 0. The molecule has 0 bridgehead atoms. The number of nitrogens with zero attached hydrogens (tertiary/aromatic N) is 2. The predicted octanol–water partition coefficient (Wildman–Crippen LogP) is 1.49. The normalized spacial score (nSPS) is 10.2. The van der Waals surface area contributed by atoms with Crippen molar-refractivity contribution < 1.29 is 9.90 Å². The van der Waals surface area contributed by atoms with Crippen LogP contribution in [0.4, 0.5) is 0 Å². The van der Waals surface area contributed by atoms with E-state index in [0.29, 0.717) is 6.42 Å².